The zero-order valence-corrected chi connectivity index (χ0v) is 15.2. The molecule has 0 spiro atoms. The lowest BCUT2D eigenvalue weighted by Crippen LogP contribution is -3.00. The Morgan fingerprint density at radius 1 is 0.913 bits per heavy atom. The number of ether oxygens (including phenoxy) is 1. The van der Waals surface area contributed by atoms with Crippen LogP contribution in [0.1, 0.15) is 0 Å². The van der Waals surface area contributed by atoms with E-state index in [-0.39, 0.29) is 24.0 Å². The largest absolute Gasteiger partial charge is 1.00 e. The van der Waals surface area contributed by atoms with Gasteiger partial charge in [0, 0.05) is 11.6 Å². The van der Waals surface area contributed by atoms with Crippen LogP contribution in [-0.4, -0.2) is 11.5 Å². The fraction of sp³-hybridized carbons (Fsp3) is 0.105. The lowest BCUT2D eigenvalue weighted by Gasteiger charge is -2.04. The van der Waals surface area contributed by atoms with Crippen molar-refractivity contribution >= 4 is 16.7 Å². The highest BCUT2D eigenvalue weighted by Crippen LogP contribution is 2.29. The molecule has 4 rings (SSSR count). The van der Waals surface area contributed by atoms with Gasteiger partial charge in [0.05, 0.1) is 14.2 Å². The van der Waals surface area contributed by atoms with E-state index >= 15 is 0 Å². The zero-order valence-electron chi connectivity index (χ0n) is 13.0. The lowest BCUT2D eigenvalue weighted by atomic mass is 10.1. The highest BCUT2D eigenvalue weighted by molar-refractivity contribution is 5.79. The molecule has 0 N–H and O–H groups in total. The number of benzene rings is 2. The number of nitrogens with zero attached hydrogens (tertiary/aromatic N) is 2. The average Bonchev–Trinajstić information content (AvgIpc) is 2.88. The van der Waals surface area contributed by atoms with Gasteiger partial charge in [0.1, 0.15) is 6.20 Å². The number of aryl methyl sites for hydroxylation is 1. The van der Waals surface area contributed by atoms with Crippen LogP contribution in [0.5, 0.6) is 5.75 Å². The van der Waals surface area contributed by atoms with Crippen LogP contribution in [0.4, 0.5) is 0 Å². The van der Waals surface area contributed by atoms with Crippen molar-refractivity contribution in [3.05, 3.63) is 66.9 Å². The van der Waals surface area contributed by atoms with Crippen LogP contribution >= 0.6 is 0 Å². The number of para-hydroxylation sites is 2. The van der Waals surface area contributed by atoms with E-state index in [1.165, 1.54) is 16.6 Å². The first-order valence-corrected chi connectivity index (χ1v) is 7.32. The molecule has 2 aromatic heterocycles. The Labute approximate surface area is 152 Å². The van der Waals surface area contributed by atoms with Crippen LogP contribution in [0.3, 0.4) is 0 Å². The molecule has 2 aromatic carbocycles. The van der Waals surface area contributed by atoms with E-state index in [1.54, 1.807) is 7.11 Å². The lowest BCUT2D eigenvalue weighted by molar-refractivity contribution is -0.618. The molecule has 4 heteroatoms. The summed E-state index contributed by atoms with van der Waals surface area (Å²) in [5, 5.41) is 0. The van der Waals surface area contributed by atoms with Crippen LogP contribution in [0, 0.1) is 0 Å². The van der Waals surface area contributed by atoms with E-state index in [0.29, 0.717) is 0 Å². The van der Waals surface area contributed by atoms with Gasteiger partial charge < -0.3 is 28.7 Å². The maximum atomic E-state index is 5.66. The Morgan fingerprint density at radius 2 is 1.61 bits per heavy atom. The van der Waals surface area contributed by atoms with Crippen LogP contribution < -0.4 is 33.3 Å². The van der Waals surface area contributed by atoms with Gasteiger partial charge in [-0.3, -0.25) is 0 Å². The molecule has 0 unspecified atom stereocenters. The van der Waals surface area contributed by atoms with Crippen molar-refractivity contribution in [1.82, 2.24) is 4.40 Å². The van der Waals surface area contributed by atoms with Crippen molar-refractivity contribution in [3.8, 4) is 16.9 Å². The molecule has 0 fully saturated rings. The molecule has 4 aromatic rings. The summed E-state index contributed by atoms with van der Waals surface area (Å²) < 4.78 is 10.0. The minimum atomic E-state index is 0. The topological polar surface area (TPSA) is 17.5 Å². The van der Waals surface area contributed by atoms with Gasteiger partial charge in [0.25, 0.3) is 0 Å². The molecule has 0 saturated heterocycles. The van der Waals surface area contributed by atoms with Gasteiger partial charge >= 0.3 is 5.65 Å². The van der Waals surface area contributed by atoms with E-state index in [0.717, 1.165) is 17.0 Å². The molecule has 0 saturated carbocycles. The van der Waals surface area contributed by atoms with Crippen molar-refractivity contribution in [3.63, 3.8) is 0 Å². The van der Waals surface area contributed by atoms with Crippen LogP contribution in [0.15, 0.2) is 66.9 Å². The van der Waals surface area contributed by atoms with Gasteiger partial charge in [-0.05, 0) is 17.7 Å². The Bertz CT molecular complexity index is 977. The summed E-state index contributed by atoms with van der Waals surface area (Å²) in [6.07, 6.45) is 2.18. The molecule has 3 nitrogen and oxygen atoms in total. The maximum Gasteiger partial charge on any atom is 0.330 e. The minimum Gasteiger partial charge on any atom is -1.00 e. The van der Waals surface area contributed by atoms with E-state index in [1.807, 2.05) is 6.07 Å². The predicted octanol–water partition coefficient (Wildman–Crippen LogP) is 0.597. The van der Waals surface area contributed by atoms with Gasteiger partial charge in [0.2, 0.25) is 5.75 Å². The van der Waals surface area contributed by atoms with Gasteiger partial charge in [0.15, 0.2) is 11.0 Å². The first-order valence-electron chi connectivity index (χ1n) is 7.32. The molecule has 0 atom stereocenters. The second-order valence-corrected chi connectivity index (χ2v) is 5.40. The van der Waals surface area contributed by atoms with Crippen molar-refractivity contribution < 1.29 is 33.3 Å². The molecule has 116 valence electrons. The average molecular weight is 416 g/mol. The van der Waals surface area contributed by atoms with Crippen molar-refractivity contribution in [2.45, 2.75) is 0 Å². The Morgan fingerprint density at radius 3 is 2.35 bits per heavy atom. The quantitative estimate of drug-likeness (QED) is 0.346. The molecule has 2 heterocycles. The summed E-state index contributed by atoms with van der Waals surface area (Å²) in [5.74, 6) is 0.875. The van der Waals surface area contributed by atoms with Crippen LogP contribution in [0.2, 0.25) is 0 Å². The van der Waals surface area contributed by atoms with Gasteiger partial charge in [-0.25, -0.2) is 4.57 Å². The highest BCUT2D eigenvalue weighted by Gasteiger charge is 2.21. The number of aromatic nitrogens is 2. The standard InChI is InChI=1S/C19H17N2O.HI/c1-20-16-10-6-7-11-17(16)21-13-15(12-18(22-2)19(20)21)14-8-4-3-5-9-14;/h3-13H,1-2H3;1H/q+1;/p-1. The molecule has 0 aliphatic rings. The van der Waals surface area contributed by atoms with E-state index < -0.39 is 0 Å². The molecule has 0 amide bonds. The first kappa shape index (κ1) is 15.8. The van der Waals surface area contributed by atoms with Crippen molar-refractivity contribution in [1.29, 1.82) is 0 Å². The fourth-order valence-corrected chi connectivity index (χ4v) is 3.08. The van der Waals surface area contributed by atoms with Gasteiger partial charge in [-0.1, -0.05) is 42.5 Å². The number of methoxy groups -OCH3 is 1. The second-order valence-electron chi connectivity index (χ2n) is 5.40. The monoisotopic (exact) mass is 416 g/mol. The fourth-order valence-electron chi connectivity index (χ4n) is 3.08. The molecule has 0 aliphatic heterocycles. The summed E-state index contributed by atoms with van der Waals surface area (Å²) in [7, 11) is 3.80. The second kappa shape index (κ2) is 6.20. The van der Waals surface area contributed by atoms with E-state index in [4.69, 9.17) is 4.74 Å². The molecule has 0 radical (unpaired) electrons. The molecule has 0 bridgehead atoms. The van der Waals surface area contributed by atoms with Gasteiger partial charge in [-0.15, -0.1) is 0 Å². The maximum absolute atomic E-state index is 5.66. The number of pyridine rings is 1. The van der Waals surface area contributed by atoms with Crippen molar-refractivity contribution in [2.75, 3.05) is 7.11 Å². The Hall–Kier alpha value is -2.08. The number of rotatable bonds is 2. The molecule has 0 aliphatic carbocycles. The minimum absolute atomic E-state index is 0. The third kappa shape index (κ3) is 2.47. The summed E-state index contributed by atoms with van der Waals surface area (Å²) >= 11 is 0. The number of halogens is 1. The zero-order chi connectivity index (χ0) is 15.1. The summed E-state index contributed by atoms with van der Waals surface area (Å²) in [4.78, 5) is 0. The summed E-state index contributed by atoms with van der Waals surface area (Å²) in [6, 6.07) is 20.9. The Kier molecular flexibility index (Phi) is 4.26. The number of fused-ring (bicyclic) bond motifs is 3. The third-order valence-corrected chi connectivity index (χ3v) is 4.15. The third-order valence-electron chi connectivity index (χ3n) is 4.15. The highest BCUT2D eigenvalue weighted by atomic mass is 127. The number of hydrogen-bond acceptors (Lipinski definition) is 1. The molecular formula is C19H17IN2O. The van der Waals surface area contributed by atoms with E-state index in [9.17, 15) is 0 Å². The van der Waals surface area contributed by atoms with Gasteiger partial charge in [-0.2, -0.15) is 4.40 Å². The number of hydrogen-bond donors (Lipinski definition) is 0. The van der Waals surface area contributed by atoms with Crippen LogP contribution in [-0.2, 0) is 7.05 Å². The SMILES string of the molecule is COc1cc(-c2ccccc2)cn2c3ccccc3[n+](C)c12.[I-]. The van der Waals surface area contributed by atoms with E-state index in [2.05, 4.69) is 76.8 Å². The first-order chi connectivity index (χ1) is 10.8. The van der Waals surface area contributed by atoms with Crippen LogP contribution in [0.25, 0.3) is 27.8 Å². The number of imidazole rings is 1. The Balaban J connectivity index is 0.00000156. The summed E-state index contributed by atoms with van der Waals surface area (Å²) in [5.41, 5.74) is 5.75. The van der Waals surface area contributed by atoms with Crippen molar-refractivity contribution in [2.24, 2.45) is 7.05 Å². The predicted molar refractivity (Wildman–Crippen MR) is 88.1 cm³/mol. The molecule has 23 heavy (non-hydrogen) atoms. The normalized spacial score (nSPS) is 10.7. The summed E-state index contributed by atoms with van der Waals surface area (Å²) in [6.45, 7) is 0. The smallest absolute Gasteiger partial charge is 0.330 e. The molecular weight excluding hydrogens is 399 g/mol.